The molecule has 4 aromatic rings. The maximum Gasteiger partial charge on any atom is 0.414 e. The van der Waals surface area contributed by atoms with Crippen LogP contribution in [0.15, 0.2) is 53.5 Å². The molecule has 0 fully saturated rings. The fourth-order valence-corrected chi connectivity index (χ4v) is 2.79. The quantitative estimate of drug-likeness (QED) is 0.454. The molecule has 0 spiro atoms. The van der Waals surface area contributed by atoms with Gasteiger partial charge in [0.1, 0.15) is 5.52 Å². The summed E-state index contributed by atoms with van der Waals surface area (Å²) in [5.74, 6) is -0.476. The van der Waals surface area contributed by atoms with E-state index >= 15 is 0 Å². The minimum Gasteiger partial charge on any atom is -0.502 e. The van der Waals surface area contributed by atoms with Crippen molar-refractivity contribution in [2.45, 2.75) is 13.1 Å². The third-order valence-corrected chi connectivity index (χ3v) is 4.12. The standard InChI is InChI=1S/C18H15N7O4/c26-14-7-6-12-8-19-17(29-18(28)20-9-13-21-23-24-22-13)16(27)15(12)25(14)10-11-4-2-1-3-5-11/h1-8,27H,9-10H2,(H,20,28)(H,21,22,23,24). The zero-order chi connectivity index (χ0) is 20.2. The van der Waals surface area contributed by atoms with Crippen LogP contribution in [0.3, 0.4) is 0 Å². The number of aromatic amines is 1. The number of hydrogen-bond acceptors (Lipinski definition) is 8. The van der Waals surface area contributed by atoms with Crippen LogP contribution < -0.4 is 15.6 Å². The lowest BCUT2D eigenvalue weighted by Gasteiger charge is -2.13. The summed E-state index contributed by atoms with van der Waals surface area (Å²) in [5, 5.41) is 26.6. The Balaban J connectivity index is 1.64. The average Bonchev–Trinajstić information content (AvgIpc) is 3.25. The first-order valence-corrected chi connectivity index (χ1v) is 8.55. The lowest BCUT2D eigenvalue weighted by atomic mass is 10.2. The predicted octanol–water partition coefficient (Wildman–Crippen LogP) is 0.952. The number of nitrogens with one attached hydrogen (secondary N) is 2. The topological polar surface area (TPSA) is 148 Å². The normalized spacial score (nSPS) is 10.8. The van der Waals surface area contributed by atoms with Crippen molar-refractivity contribution in [3.63, 3.8) is 0 Å². The fraction of sp³-hybridized carbons (Fsp3) is 0.111. The van der Waals surface area contributed by atoms with Crippen LogP contribution in [0.2, 0.25) is 0 Å². The van der Waals surface area contributed by atoms with Gasteiger partial charge in [0.05, 0.1) is 13.1 Å². The summed E-state index contributed by atoms with van der Waals surface area (Å²) >= 11 is 0. The van der Waals surface area contributed by atoms with Gasteiger partial charge in [0.15, 0.2) is 5.82 Å². The second-order valence-corrected chi connectivity index (χ2v) is 6.03. The second-order valence-electron chi connectivity index (χ2n) is 6.03. The van der Waals surface area contributed by atoms with Crippen molar-refractivity contribution < 1.29 is 14.6 Å². The number of pyridine rings is 2. The van der Waals surface area contributed by atoms with Crippen molar-refractivity contribution in [3.05, 3.63) is 70.4 Å². The number of aromatic hydroxyl groups is 1. The van der Waals surface area contributed by atoms with E-state index in [1.165, 1.54) is 16.8 Å². The summed E-state index contributed by atoms with van der Waals surface area (Å²) in [7, 11) is 0. The van der Waals surface area contributed by atoms with Gasteiger partial charge in [0.25, 0.3) is 11.4 Å². The number of carbonyl (C=O) groups excluding carboxylic acids is 1. The molecule has 11 nitrogen and oxygen atoms in total. The van der Waals surface area contributed by atoms with Gasteiger partial charge in [-0.1, -0.05) is 35.5 Å². The molecular weight excluding hydrogens is 378 g/mol. The monoisotopic (exact) mass is 393 g/mol. The highest BCUT2D eigenvalue weighted by atomic mass is 16.6. The molecule has 0 unspecified atom stereocenters. The van der Waals surface area contributed by atoms with Gasteiger partial charge in [-0.3, -0.25) is 4.79 Å². The number of carbonyl (C=O) groups is 1. The molecule has 11 heteroatoms. The number of tetrazole rings is 1. The lowest BCUT2D eigenvalue weighted by Crippen LogP contribution is -2.27. The van der Waals surface area contributed by atoms with Crippen LogP contribution in [0.5, 0.6) is 11.6 Å². The molecule has 0 saturated heterocycles. The first kappa shape index (κ1) is 18.1. The molecule has 0 aliphatic rings. The maximum atomic E-state index is 12.4. The Labute approximate surface area is 163 Å². The van der Waals surface area contributed by atoms with Crippen LogP contribution in [0.1, 0.15) is 11.4 Å². The third-order valence-electron chi connectivity index (χ3n) is 4.12. The van der Waals surface area contributed by atoms with Crippen LogP contribution in [0, 0.1) is 0 Å². The number of amides is 1. The van der Waals surface area contributed by atoms with Gasteiger partial charge in [-0.25, -0.2) is 9.78 Å². The van der Waals surface area contributed by atoms with E-state index in [1.807, 2.05) is 30.3 Å². The molecule has 29 heavy (non-hydrogen) atoms. The van der Waals surface area contributed by atoms with E-state index in [0.717, 1.165) is 5.56 Å². The zero-order valence-electron chi connectivity index (χ0n) is 14.9. The molecule has 0 radical (unpaired) electrons. The number of ether oxygens (including phenoxy) is 1. The number of aromatic nitrogens is 6. The van der Waals surface area contributed by atoms with E-state index in [2.05, 4.69) is 30.9 Å². The van der Waals surface area contributed by atoms with Crippen molar-refractivity contribution in [1.82, 2.24) is 35.5 Å². The molecule has 4 rings (SSSR count). The SMILES string of the molecule is O=C(NCc1nn[nH]n1)Oc1ncc2ccc(=O)n(Cc3ccccc3)c2c1O. The Bertz CT molecular complexity index is 1210. The molecule has 1 aromatic carbocycles. The predicted molar refractivity (Wildman–Crippen MR) is 100 cm³/mol. The Morgan fingerprint density at radius 3 is 2.79 bits per heavy atom. The number of rotatable bonds is 5. The smallest absolute Gasteiger partial charge is 0.414 e. The molecule has 0 bridgehead atoms. The van der Waals surface area contributed by atoms with Gasteiger partial charge in [-0.2, -0.15) is 5.21 Å². The van der Waals surface area contributed by atoms with Gasteiger partial charge in [-0.05, 0) is 11.6 Å². The lowest BCUT2D eigenvalue weighted by molar-refractivity contribution is 0.195. The molecule has 1 amide bonds. The van der Waals surface area contributed by atoms with Crippen molar-refractivity contribution in [3.8, 4) is 11.6 Å². The van der Waals surface area contributed by atoms with Crippen LogP contribution in [0.4, 0.5) is 4.79 Å². The summed E-state index contributed by atoms with van der Waals surface area (Å²) in [6, 6.07) is 12.3. The van der Waals surface area contributed by atoms with Gasteiger partial charge in [-0.15, -0.1) is 10.2 Å². The Morgan fingerprint density at radius 2 is 2.03 bits per heavy atom. The molecular formula is C18H15N7O4. The number of H-pyrrole nitrogens is 1. The minimum atomic E-state index is -0.871. The van der Waals surface area contributed by atoms with Gasteiger partial charge >= 0.3 is 6.09 Å². The number of benzene rings is 1. The van der Waals surface area contributed by atoms with E-state index in [4.69, 9.17) is 4.74 Å². The Hall–Kier alpha value is -4.28. The molecule has 3 aromatic heterocycles. The van der Waals surface area contributed by atoms with Crippen LogP contribution in [-0.4, -0.2) is 41.4 Å². The van der Waals surface area contributed by atoms with Gasteiger partial charge in [0.2, 0.25) is 5.75 Å². The van der Waals surface area contributed by atoms with E-state index in [0.29, 0.717) is 5.39 Å². The Kier molecular flexibility index (Phi) is 4.84. The van der Waals surface area contributed by atoms with Crippen molar-refractivity contribution >= 4 is 17.0 Å². The van der Waals surface area contributed by atoms with E-state index in [1.54, 1.807) is 6.07 Å². The average molecular weight is 393 g/mol. The zero-order valence-corrected chi connectivity index (χ0v) is 14.9. The minimum absolute atomic E-state index is 0.0254. The van der Waals surface area contributed by atoms with Crippen molar-refractivity contribution in [1.29, 1.82) is 0 Å². The van der Waals surface area contributed by atoms with E-state index in [-0.39, 0.29) is 35.9 Å². The molecule has 3 heterocycles. The van der Waals surface area contributed by atoms with Crippen LogP contribution in [0.25, 0.3) is 10.9 Å². The molecule has 0 saturated carbocycles. The summed E-state index contributed by atoms with van der Waals surface area (Å²) in [6.45, 7) is 0.209. The number of fused-ring (bicyclic) bond motifs is 1. The van der Waals surface area contributed by atoms with E-state index < -0.39 is 11.8 Å². The maximum absolute atomic E-state index is 12.4. The van der Waals surface area contributed by atoms with Crippen LogP contribution in [-0.2, 0) is 13.1 Å². The first-order chi connectivity index (χ1) is 14.1. The van der Waals surface area contributed by atoms with Crippen molar-refractivity contribution in [2.24, 2.45) is 0 Å². The third kappa shape index (κ3) is 3.88. The molecule has 0 aliphatic carbocycles. The summed E-state index contributed by atoms with van der Waals surface area (Å²) in [6.07, 6.45) is 0.544. The highest BCUT2D eigenvalue weighted by Gasteiger charge is 2.17. The number of nitrogens with zero attached hydrogens (tertiary/aromatic N) is 5. The first-order valence-electron chi connectivity index (χ1n) is 8.55. The summed E-state index contributed by atoms with van der Waals surface area (Å²) in [5.41, 5.74) is 0.784. The molecule has 0 atom stereocenters. The second kappa shape index (κ2) is 7.76. The summed E-state index contributed by atoms with van der Waals surface area (Å²) < 4.78 is 6.48. The van der Waals surface area contributed by atoms with Crippen LogP contribution >= 0.6 is 0 Å². The highest BCUT2D eigenvalue weighted by Crippen LogP contribution is 2.31. The summed E-state index contributed by atoms with van der Waals surface area (Å²) in [4.78, 5) is 28.4. The Morgan fingerprint density at radius 1 is 1.21 bits per heavy atom. The highest BCUT2D eigenvalue weighted by molar-refractivity contribution is 5.86. The molecule has 0 aliphatic heterocycles. The van der Waals surface area contributed by atoms with Crippen molar-refractivity contribution in [2.75, 3.05) is 0 Å². The van der Waals surface area contributed by atoms with Gasteiger partial charge < -0.3 is 19.7 Å². The van der Waals surface area contributed by atoms with Gasteiger partial charge in [0, 0.05) is 17.6 Å². The van der Waals surface area contributed by atoms with E-state index in [9.17, 15) is 14.7 Å². The fourth-order valence-electron chi connectivity index (χ4n) is 2.79. The number of hydrogen-bond donors (Lipinski definition) is 3. The molecule has 3 N–H and O–H groups in total. The molecule has 146 valence electrons. The largest absolute Gasteiger partial charge is 0.502 e.